The van der Waals surface area contributed by atoms with Gasteiger partial charge in [-0.25, -0.2) is 0 Å². The van der Waals surface area contributed by atoms with Crippen LogP contribution in [0.3, 0.4) is 0 Å². The van der Waals surface area contributed by atoms with Gasteiger partial charge in [-0.2, -0.15) is 8.78 Å². The molecule has 1 aromatic rings. The Morgan fingerprint density at radius 2 is 2.00 bits per heavy atom. The highest BCUT2D eigenvalue weighted by Gasteiger charge is 2.52. The van der Waals surface area contributed by atoms with Gasteiger partial charge in [0.05, 0.1) is 5.41 Å². The van der Waals surface area contributed by atoms with Crippen molar-refractivity contribution in [3.63, 3.8) is 0 Å². The molecule has 19 heavy (non-hydrogen) atoms. The highest BCUT2D eigenvalue weighted by atomic mass is 35.5. The van der Waals surface area contributed by atoms with Crippen LogP contribution in [0, 0.1) is 0 Å². The molecule has 4 nitrogen and oxygen atoms in total. The van der Waals surface area contributed by atoms with Crippen molar-refractivity contribution in [2.24, 2.45) is 5.73 Å². The van der Waals surface area contributed by atoms with E-state index in [2.05, 4.69) is 4.74 Å². The Balaban J connectivity index is 0.00000180. The number of benzene rings is 1. The van der Waals surface area contributed by atoms with Gasteiger partial charge in [0.2, 0.25) is 0 Å². The van der Waals surface area contributed by atoms with Gasteiger partial charge >= 0.3 is 12.6 Å². The fourth-order valence-corrected chi connectivity index (χ4v) is 2.41. The molecule has 0 aromatic heterocycles. The maximum absolute atomic E-state index is 12.3. The van der Waals surface area contributed by atoms with Crippen LogP contribution in [-0.2, 0) is 10.2 Å². The molecule has 0 spiro atoms. The molecule has 1 aliphatic carbocycles. The first-order valence-corrected chi connectivity index (χ1v) is 5.49. The van der Waals surface area contributed by atoms with Crippen molar-refractivity contribution in [2.75, 3.05) is 0 Å². The summed E-state index contributed by atoms with van der Waals surface area (Å²) >= 11 is 0. The van der Waals surface area contributed by atoms with E-state index in [-0.39, 0.29) is 42.6 Å². The van der Waals surface area contributed by atoms with Gasteiger partial charge in [0.1, 0.15) is 5.75 Å². The summed E-state index contributed by atoms with van der Waals surface area (Å²) in [4.78, 5) is 11.4. The molecule has 0 unspecified atom stereocenters. The third-order valence-corrected chi connectivity index (χ3v) is 3.25. The van der Waals surface area contributed by atoms with E-state index >= 15 is 0 Å². The molecule has 0 saturated heterocycles. The molecule has 1 aliphatic rings. The largest absolute Gasteiger partial charge is 0.481 e. The predicted molar refractivity (Wildman–Crippen MR) is 66.8 cm³/mol. The van der Waals surface area contributed by atoms with Crippen molar-refractivity contribution >= 4 is 18.4 Å². The van der Waals surface area contributed by atoms with Gasteiger partial charge in [-0.1, -0.05) is 18.2 Å². The number of rotatable bonds is 4. The third kappa shape index (κ3) is 2.79. The second kappa shape index (κ2) is 5.71. The summed E-state index contributed by atoms with van der Waals surface area (Å²) in [7, 11) is 0. The first-order chi connectivity index (χ1) is 8.45. The molecule has 2 rings (SSSR count). The second-order valence-electron chi connectivity index (χ2n) is 4.43. The standard InChI is InChI=1S/C12H13F2NO3.ClH/c13-11(14)18-9-4-2-1-3-8(9)12(10(16)17)5-7(15)6-12;/h1-4,7,11H,5-6,15H2,(H,16,17);1H. The molecule has 0 atom stereocenters. The van der Waals surface area contributed by atoms with E-state index in [1.54, 1.807) is 6.07 Å². The fraction of sp³-hybridized carbons (Fsp3) is 0.417. The highest BCUT2D eigenvalue weighted by Crippen LogP contribution is 2.46. The number of halogens is 3. The summed E-state index contributed by atoms with van der Waals surface area (Å²) in [5.41, 5.74) is 4.69. The lowest BCUT2D eigenvalue weighted by molar-refractivity contribution is -0.148. The van der Waals surface area contributed by atoms with Crippen LogP contribution in [-0.4, -0.2) is 23.7 Å². The van der Waals surface area contributed by atoms with Crippen molar-refractivity contribution < 1.29 is 23.4 Å². The Kier molecular flexibility index (Phi) is 4.70. The molecule has 0 amide bonds. The smallest absolute Gasteiger partial charge is 0.387 e. The highest BCUT2D eigenvalue weighted by molar-refractivity contribution is 5.85. The molecule has 1 aromatic carbocycles. The van der Waals surface area contributed by atoms with Crippen LogP contribution in [0.4, 0.5) is 8.78 Å². The molecule has 0 radical (unpaired) electrons. The zero-order valence-electron chi connectivity index (χ0n) is 9.88. The van der Waals surface area contributed by atoms with E-state index in [0.717, 1.165) is 0 Å². The van der Waals surface area contributed by atoms with Crippen molar-refractivity contribution in [3.8, 4) is 5.75 Å². The Morgan fingerprint density at radius 1 is 1.42 bits per heavy atom. The topological polar surface area (TPSA) is 72.6 Å². The number of ether oxygens (including phenoxy) is 1. The molecule has 3 N–H and O–H groups in total. The van der Waals surface area contributed by atoms with Crippen LogP contribution in [0.1, 0.15) is 18.4 Å². The zero-order valence-corrected chi connectivity index (χ0v) is 10.7. The zero-order chi connectivity index (χ0) is 13.3. The second-order valence-corrected chi connectivity index (χ2v) is 4.43. The molecular formula is C12H14ClF2NO3. The van der Waals surface area contributed by atoms with Crippen LogP contribution in [0.5, 0.6) is 5.75 Å². The minimum atomic E-state index is -2.98. The van der Waals surface area contributed by atoms with E-state index in [4.69, 9.17) is 5.73 Å². The number of alkyl halides is 2. The SMILES string of the molecule is Cl.NC1CC(C(=O)O)(c2ccccc2OC(F)F)C1. The van der Waals surface area contributed by atoms with Crippen molar-refractivity contribution in [1.29, 1.82) is 0 Å². The van der Waals surface area contributed by atoms with Gasteiger partial charge in [0, 0.05) is 11.6 Å². The molecule has 0 bridgehead atoms. The Hall–Kier alpha value is -1.40. The lowest BCUT2D eigenvalue weighted by atomic mass is 9.61. The number of carboxylic acids is 1. The van der Waals surface area contributed by atoms with Crippen LogP contribution in [0.15, 0.2) is 24.3 Å². The van der Waals surface area contributed by atoms with E-state index in [1.807, 2.05) is 0 Å². The number of para-hydroxylation sites is 1. The minimum absolute atomic E-state index is 0. The molecule has 1 saturated carbocycles. The summed E-state index contributed by atoms with van der Waals surface area (Å²) < 4.78 is 29.0. The Morgan fingerprint density at radius 3 is 2.47 bits per heavy atom. The maximum Gasteiger partial charge on any atom is 0.387 e. The van der Waals surface area contributed by atoms with Crippen molar-refractivity contribution in [3.05, 3.63) is 29.8 Å². The summed E-state index contributed by atoms with van der Waals surface area (Å²) in [6.07, 6.45) is 0.456. The Bertz CT molecular complexity index is 464. The lowest BCUT2D eigenvalue weighted by Gasteiger charge is -2.43. The number of hydrogen-bond donors (Lipinski definition) is 2. The number of aliphatic carboxylic acids is 1. The average molecular weight is 294 g/mol. The van der Waals surface area contributed by atoms with E-state index in [0.29, 0.717) is 0 Å². The van der Waals surface area contributed by atoms with Crippen LogP contribution in [0.25, 0.3) is 0 Å². The predicted octanol–water partition coefficient (Wildman–Crippen LogP) is 2.15. The minimum Gasteiger partial charge on any atom is -0.481 e. The van der Waals surface area contributed by atoms with Gasteiger partial charge in [-0.05, 0) is 18.9 Å². The van der Waals surface area contributed by atoms with Gasteiger partial charge in [0.15, 0.2) is 0 Å². The van der Waals surface area contributed by atoms with Gasteiger partial charge in [0.25, 0.3) is 0 Å². The monoisotopic (exact) mass is 293 g/mol. The van der Waals surface area contributed by atoms with Gasteiger partial charge in [-0.15, -0.1) is 12.4 Å². The van der Waals surface area contributed by atoms with E-state index < -0.39 is 18.0 Å². The molecule has 106 valence electrons. The number of carboxylic acid groups (broad SMARTS) is 1. The molecule has 1 fully saturated rings. The molecule has 0 heterocycles. The first kappa shape index (κ1) is 15.7. The molecular weight excluding hydrogens is 280 g/mol. The van der Waals surface area contributed by atoms with E-state index in [1.165, 1.54) is 18.2 Å². The summed E-state index contributed by atoms with van der Waals surface area (Å²) in [6.45, 7) is -2.98. The third-order valence-electron chi connectivity index (χ3n) is 3.25. The molecule has 0 aliphatic heterocycles. The van der Waals surface area contributed by atoms with E-state index in [9.17, 15) is 18.7 Å². The number of hydrogen-bond acceptors (Lipinski definition) is 3. The number of nitrogens with two attached hydrogens (primary N) is 1. The van der Waals surface area contributed by atoms with Crippen molar-refractivity contribution in [1.82, 2.24) is 0 Å². The Labute approximate surface area is 115 Å². The van der Waals surface area contributed by atoms with Crippen LogP contribution >= 0.6 is 12.4 Å². The van der Waals surface area contributed by atoms with Crippen LogP contribution < -0.4 is 10.5 Å². The van der Waals surface area contributed by atoms with Crippen molar-refractivity contribution in [2.45, 2.75) is 30.9 Å². The summed E-state index contributed by atoms with van der Waals surface area (Å²) in [5, 5.41) is 9.31. The van der Waals surface area contributed by atoms with Gasteiger partial charge < -0.3 is 15.6 Å². The van der Waals surface area contributed by atoms with Gasteiger partial charge in [-0.3, -0.25) is 4.79 Å². The fourth-order valence-electron chi connectivity index (χ4n) is 2.41. The maximum atomic E-state index is 12.3. The first-order valence-electron chi connectivity index (χ1n) is 5.49. The summed E-state index contributed by atoms with van der Waals surface area (Å²) in [6, 6.07) is 5.74. The van der Waals surface area contributed by atoms with Crippen LogP contribution in [0.2, 0.25) is 0 Å². The average Bonchev–Trinajstić information content (AvgIpc) is 2.24. The quantitative estimate of drug-likeness (QED) is 0.892. The lowest BCUT2D eigenvalue weighted by Crippen LogP contribution is -2.54. The molecule has 7 heteroatoms. The number of carbonyl (C=O) groups is 1. The normalized spacial score (nSPS) is 25.4. The summed E-state index contributed by atoms with van der Waals surface area (Å²) in [5.74, 6) is -1.16.